The van der Waals surface area contributed by atoms with Crippen LogP contribution in [0.15, 0.2) is 170 Å². The van der Waals surface area contributed by atoms with Crippen molar-refractivity contribution in [2.75, 3.05) is 0 Å². The van der Waals surface area contributed by atoms with Crippen molar-refractivity contribution in [2.24, 2.45) is 0 Å². The Labute approximate surface area is 328 Å². The molecule has 56 heavy (non-hydrogen) atoms. The summed E-state index contributed by atoms with van der Waals surface area (Å²) >= 11 is 0. The molecule has 11 rings (SSSR count). The standard InChI is InChI=1S/C54H40N2/c1-53(2)46-29-26-35(31-44(46)50-37-18-9-8-15-33(37)25-30-47(50)53)36-27-28-42(39-20-11-10-19-38(36)39)52-55-48(34-16-6-5-7-17-34)32-49(56-52)43-23-14-22-41-40-21-12-13-24-45(40)54(3,4)51(41)43/h5-32H,1-4H3. The first kappa shape index (κ1) is 32.8. The third-order valence-corrected chi connectivity index (χ3v) is 12.7. The normalized spacial score (nSPS) is 14.4. The molecule has 2 nitrogen and oxygen atoms in total. The minimum absolute atomic E-state index is 0.0746. The molecule has 1 heterocycles. The fraction of sp³-hybridized carbons (Fsp3) is 0.111. The summed E-state index contributed by atoms with van der Waals surface area (Å²) in [5.41, 5.74) is 18.0. The fourth-order valence-corrected chi connectivity index (χ4v) is 9.96. The van der Waals surface area contributed by atoms with Gasteiger partial charge < -0.3 is 0 Å². The summed E-state index contributed by atoms with van der Waals surface area (Å²) in [5, 5.41) is 4.92. The molecule has 2 heteroatoms. The van der Waals surface area contributed by atoms with E-state index >= 15 is 0 Å². The molecule has 9 aromatic rings. The molecule has 0 radical (unpaired) electrons. The minimum atomic E-state index is -0.174. The molecule has 0 fully saturated rings. The van der Waals surface area contributed by atoms with Gasteiger partial charge in [-0.05, 0) is 95.4 Å². The highest BCUT2D eigenvalue weighted by Crippen LogP contribution is 2.54. The van der Waals surface area contributed by atoms with Crippen LogP contribution in [0.5, 0.6) is 0 Å². The third-order valence-electron chi connectivity index (χ3n) is 12.7. The number of aromatic nitrogens is 2. The second kappa shape index (κ2) is 11.9. The topological polar surface area (TPSA) is 25.8 Å². The average molecular weight is 717 g/mol. The summed E-state index contributed by atoms with van der Waals surface area (Å²) in [6.07, 6.45) is 0. The maximum Gasteiger partial charge on any atom is 0.161 e. The molecule has 1 aromatic heterocycles. The lowest BCUT2D eigenvalue weighted by molar-refractivity contribution is 0.661. The molecule has 0 spiro atoms. The number of fused-ring (bicyclic) bond motifs is 9. The molecule has 0 atom stereocenters. The van der Waals surface area contributed by atoms with Crippen molar-refractivity contribution in [1.82, 2.24) is 9.97 Å². The molecule has 0 saturated carbocycles. The smallest absolute Gasteiger partial charge is 0.161 e. The molecular weight excluding hydrogens is 677 g/mol. The molecule has 0 aliphatic heterocycles. The number of hydrogen-bond acceptors (Lipinski definition) is 2. The van der Waals surface area contributed by atoms with Crippen molar-refractivity contribution < 1.29 is 0 Å². The van der Waals surface area contributed by atoms with Gasteiger partial charge in [0.1, 0.15) is 0 Å². The van der Waals surface area contributed by atoms with E-state index in [4.69, 9.17) is 9.97 Å². The van der Waals surface area contributed by atoms with Gasteiger partial charge in [0.2, 0.25) is 0 Å². The number of benzene rings is 8. The van der Waals surface area contributed by atoms with E-state index in [1.807, 2.05) is 0 Å². The van der Waals surface area contributed by atoms with Crippen LogP contribution in [0.4, 0.5) is 0 Å². The number of hydrogen-bond donors (Lipinski definition) is 0. The second-order valence-corrected chi connectivity index (χ2v) is 16.5. The lowest BCUT2D eigenvalue weighted by atomic mass is 9.79. The zero-order valence-corrected chi connectivity index (χ0v) is 32.1. The van der Waals surface area contributed by atoms with Gasteiger partial charge >= 0.3 is 0 Å². The Morgan fingerprint density at radius 1 is 0.357 bits per heavy atom. The SMILES string of the molecule is CC1(C)c2ccc(-c3ccc(-c4nc(-c5ccccc5)cc(-c5cccc6c5C(C)(C)c5ccccc5-6)n4)c4ccccc34)cc2-c2c1ccc1ccccc21. The van der Waals surface area contributed by atoms with Crippen molar-refractivity contribution in [2.45, 2.75) is 38.5 Å². The molecule has 8 aromatic carbocycles. The van der Waals surface area contributed by atoms with E-state index < -0.39 is 0 Å². The quantitative estimate of drug-likeness (QED) is 0.181. The molecule has 0 N–H and O–H groups in total. The summed E-state index contributed by atoms with van der Waals surface area (Å²) in [6, 6.07) is 62.0. The van der Waals surface area contributed by atoms with Gasteiger partial charge in [-0.15, -0.1) is 0 Å². The van der Waals surface area contributed by atoms with Gasteiger partial charge in [0.15, 0.2) is 5.82 Å². The van der Waals surface area contributed by atoms with E-state index in [-0.39, 0.29) is 10.8 Å². The van der Waals surface area contributed by atoms with Gasteiger partial charge in [-0.3, -0.25) is 0 Å². The Hall–Kier alpha value is -6.64. The zero-order valence-electron chi connectivity index (χ0n) is 32.1. The van der Waals surface area contributed by atoms with E-state index in [2.05, 4.69) is 198 Å². The van der Waals surface area contributed by atoms with E-state index in [1.54, 1.807) is 0 Å². The molecule has 0 unspecified atom stereocenters. The lowest BCUT2D eigenvalue weighted by Crippen LogP contribution is -2.16. The highest BCUT2D eigenvalue weighted by Gasteiger charge is 2.38. The van der Waals surface area contributed by atoms with Crippen LogP contribution in [0.1, 0.15) is 49.9 Å². The van der Waals surface area contributed by atoms with Crippen LogP contribution < -0.4 is 0 Å². The number of rotatable bonds is 4. The summed E-state index contributed by atoms with van der Waals surface area (Å²) < 4.78 is 0. The van der Waals surface area contributed by atoms with Gasteiger partial charge in [0.05, 0.1) is 11.4 Å². The Morgan fingerprint density at radius 3 is 1.82 bits per heavy atom. The van der Waals surface area contributed by atoms with E-state index in [0.717, 1.165) is 39.3 Å². The average Bonchev–Trinajstić information content (AvgIpc) is 3.63. The van der Waals surface area contributed by atoms with E-state index in [0.29, 0.717) is 0 Å². The van der Waals surface area contributed by atoms with Crippen molar-refractivity contribution in [1.29, 1.82) is 0 Å². The van der Waals surface area contributed by atoms with Crippen molar-refractivity contribution in [3.63, 3.8) is 0 Å². The van der Waals surface area contributed by atoms with Crippen LogP contribution in [0, 0.1) is 0 Å². The maximum atomic E-state index is 5.46. The van der Waals surface area contributed by atoms with Crippen LogP contribution in [0.2, 0.25) is 0 Å². The first-order valence-corrected chi connectivity index (χ1v) is 19.7. The molecule has 2 aliphatic rings. The van der Waals surface area contributed by atoms with Gasteiger partial charge in [-0.25, -0.2) is 9.97 Å². The van der Waals surface area contributed by atoms with Crippen LogP contribution in [-0.4, -0.2) is 9.97 Å². The Bertz CT molecular complexity index is 3080. The second-order valence-electron chi connectivity index (χ2n) is 16.5. The Balaban J connectivity index is 1.10. The first-order chi connectivity index (χ1) is 27.3. The van der Waals surface area contributed by atoms with Crippen LogP contribution in [-0.2, 0) is 10.8 Å². The van der Waals surface area contributed by atoms with Crippen LogP contribution >= 0.6 is 0 Å². The van der Waals surface area contributed by atoms with Crippen molar-refractivity contribution in [3.8, 4) is 67.3 Å². The van der Waals surface area contributed by atoms with E-state index in [9.17, 15) is 0 Å². The monoisotopic (exact) mass is 716 g/mol. The Morgan fingerprint density at radius 2 is 0.982 bits per heavy atom. The molecular formula is C54H40N2. The fourth-order valence-electron chi connectivity index (χ4n) is 9.96. The highest BCUT2D eigenvalue weighted by molar-refractivity contribution is 6.07. The molecule has 0 bridgehead atoms. The molecule has 2 aliphatic carbocycles. The van der Waals surface area contributed by atoms with Gasteiger partial charge in [0.25, 0.3) is 0 Å². The van der Waals surface area contributed by atoms with Crippen molar-refractivity contribution >= 4 is 21.5 Å². The first-order valence-electron chi connectivity index (χ1n) is 19.7. The summed E-state index contributed by atoms with van der Waals surface area (Å²) in [6.45, 7) is 9.40. The lowest BCUT2D eigenvalue weighted by Gasteiger charge is -2.24. The zero-order chi connectivity index (χ0) is 37.8. The summed E-state index contributed by atoms with van der Waals surface area (Å²) in [7, 11) is 0. The molecule has 266 valence electrons. The highest BCUT2D eigenvalue weighted by atomic mass is 14.9. The van der Waals surface area contributed by atoms with Gasteiger partial charge in [-0.2, -0.15) is 0 Å². The number of nitrogens with zero attached hydrogens (tertiary/aromatic N) is 2. The summed E-state index contributed by atoms with van der Waals surface area (Å²) in [5.74, 6) is 0.728. The minimum Gasteiger partial charge on any atom is -0.228 e. The van der Waals surface area contributed by atoms with Crippen LogP contribution in [0.25, 0.3) is 88.8 Å². The maximum absolute atomic E-state index is 5.46. The third kappa shape index (κ3) is 4.69. The van der Waals surface area contributed by atoms with E-state index in [1.165, 1.54) is 71.8 Å². The Kier molecular flexibility index (Phi) is 6.98. The predicted molar refractivity (Wildman–Crippen MR) is 234 cm³/mol. The molecule has 0 amide bonds. The van der Waals surface area contributed by atoms with Gasteiger partial charge in [0, 0.05) is 27.5 Å². The van der Waals surface area contributed by atoms with Gasteiger partial charge in [-0.1, -0.05) is 179 Å². The largest absolute Gasteiger partial charge is 0.228 e. The molecule has 0 saturated heterocycles. The van der Waals surface area contributed by atoms with Crippen LogP contribution in [0.3, 0.4) is 0 Å². The van der Waals surface area contributed by atoms with Crippen molar-refractivity contribution in [3.05, 3.63) is 192 Å². The predicted octanol–water partition coefficient (Wildman–Crippen LogP) is 14.1. The summed E-state index contributed by atoms with van der Waals surface area (Å²) in [4.78, 5) is 10.8.